The highest BCUT2D eigenvalue weighted by Gasteiger charge is 2.76. The van der Waals surface area contributed by atoms with Gasteiger partial charge in [-0.1, -0.05) is 13.8 Å². The molecule has 0 amide bonds. The predicted octanol–water partition coefficient (Wildman–Crippen LogP) is 3.82. The van der Waals surface area contributed by atoms with E-state index in [1.165, 1.54) is 32.1 Å². The number of ketones is 1. The summed E-state index contributed by atoms with van der Waals surface area (Å²) < 4.78 is 0. The van der Waals surface area contributed by atoms with E-state index in [1.807, 2.05) is 0 Å². The number of hydrogen-bond acceptors (Lipinski definition) is 2. The van der Waals surface area contributed by atoms with Crippen LogP contribution in [0, 0.1) is 51.8 Å². The van der Waals surface area contributed by atoms with E-state index in [0.29, 0.717) is 22.5 Å². The van der Waals surface area contributed by atoms with Crippen LogP contribution in [0.3, 0.4) is 0 Å². The topological polar surface area (TPSA) is 37.3 Å². The van der Waals surface area contributed by atoms with Crippen molar-refractivity contribution in [3.05, 3.63) is 0 Å². The summed E-state index contributed by atoms with van der Waals surface area (Å²) in [6.45, 7) is 4.98. The Morgan fingerprint density at radius 2 is 1.91 bits per heavy atom. The largest absolute Gasteiger partial charge is 0.392 e. The van der Waals surface area contributed by atoms with Crippen molar-refractivity contribution >= 4 is 5.78 Å². The van der Waals surface area contributed by atoms with Gasteiger partial charge in [0.1, 0.15) is 5.78 Å². The van der Waals surface area contributed by atoms with Crippen molar-refractivity contribution in [1.82, 2.24) is 0 Å². The summed E-state index contributed by atoms with van der Waals surface area (Å²) >= 11 is 0. The number of aliphatic hydroxyl groups is 1. The molecule has 2 bridgehead atoms. The second-order valence-corrected chi connectivity index (χ2v) is 10.8. The predicted molar refractivity (Wildman–Crippen MR) is 87.5 cm³/mol. The molecule has 0 radical (unpaired) electrons. The lowest BCUT2D eigenvalue weighted by Gasteiger charge is -2.74. The van der Waals surface area contributed by atoms with Gasteiger partial charge in [0, 0.05) is 12.8 Å². The highest BCUT2D eigenvalue weighted by molar-refractivity contribution is 5.80. The van der Waals surface area contributed by atoms with Gasteiger partial charge in [-0.3, -0.25) is 4.79 Å². The lowest BCUT2D eigenvalue weighted by atomic mass is 9.30. The monoisotopic (exact) mass is 314 g/mol. The van der Waals surface area contributed by atoms with Crippen molar-refractivity contribution < 1.29 is 9.90 Å². The Labute approximate surface area is 139 Å². The summed E-state index contributed by atoms with van der Waals surface area (Å²) in [5.41, 5.74) is 1.01. The van der Waals surface area contributed by atoms with Gasteiger partial charge in [0.2, 0.25) is 0 Å². The second-order valence-electron chi connectivity index (χ2n) is 10.8. The number of carbonyl (C=O) groups is 1. The molecule has 0 heterocycles. The van der Waals surface area contributed by atoms with Crippen LogP contribution in [0.5, 0.6) is 0 Å². The van der Waals surface area contributed by atoms with Gasteiger partial charge < -0.3 is 5.11 Å². The lowest BCUT2D eigenvalue weighted by molar-refractivity contribution is -0.255. The molecular formula is C21H30O2. The van der Waals surface area contributed by atoms with Gasteiger partial charge in [0.05, 0.1) is 6.10 Å². The van der Waals surface area contributed by atoms with Gasteiger partial charge in [-0.25, -0.2) is 0 Å². The molecule has 2 nitrogen and oxygen atoms in total. The molecule has 7 fully saturated rings. The molecule has 0 aromatic heterocycles. The molecule has 0 saturated heterocycles. The summed E-state index contributed by atoms with van der Waals surface area (Å²) in [7, 11) is 0. The molecule has 0 aliphatic heterocycles. The van der Waals surface area contributed by atoms with Crippen molar-refractivity contribution in [3.8, 4) is 0 Å². The molecule has 8 atom stereocenters. The Balaban J connectivity index is 1.43. The highest BCUT2D eigenvalue weighted by Crippen LogP contribution is 2.81. The third-order valence-corrected chi connectivity index (χ3v) is 10.4. The Morgan fingerprint density at radius 1 is 1.13 bits per heavy atom. The molecular weight excluding hydrogens is 284 g/mol. The van der Waals surface area contributed by atoms with E-state index >= 15 is 0 Å². The molecule has 1 N–H and O–H groups in total. The minimum atomic E-state index is -0.0223. The van der Waals surface area contributed by atoms with Crippen molar-refractivity contribution in [2.24, 2.45) is 51.8 Å². The zero-order chi connectivity index (χ0) is 15.8. The van der Waals surface area contributed by atoms with Crippen LogP contribution < -0.4 is 0 Å². The normalized spacial score (nSPS) is 68.3. The second kappa shape index (κ2) is 3.74. The molecule has 23 heavy (non-hydrogen) atoms. The van der Waals surface area contributed by atoms with E-state index in [2.05, 4.69) is 13.8 Å². The minimum Gasteiger partial charge on any atom is -0.392 e. The zero-order valence-corrected chi connectivity index (χ0v) is 14.6. The zero-order valence-electron chi connectivity index (χ0n) is 14.6. The van der Waals surface area contributed by atoms with Gasteiger partial charge in [0.25, 0.3) is 0 Å². The SMILES string of the molecule is CC12CCC3C(C4CC5(CC(=O)CCC35C)C4)C1C1CC1C2O. The number of hydrogen-bond donors (Lipinski definition) is 1. The van der Waals surface area contributed by atoms with E-state index in [9.17, 15) is 9.90 Å². The molecule has 1 spiro atoms. The summed E-state index contributed by atoms with van der Waals surface area (Å²) in [6, 6.07) is 0. The van der Waals surface area contributed by atoms with Crippen molar-refractivity contribution in [2.45, 2.75) is 71.3 Å². The fourth-order valence-corrected chi connectivity index (χ4v) is 9.24. The maximum Gasteiger partial charge on any atom is 0.133 e. The molecule has 7 aliphatic carbocycles. The van der Waals surface area contributed by atoms with Crippen LogP contribution in [0.25, 0.3) is 0 Å². The van der Waals surface area contributed by atoms with Crippen LogP contribution >= 0.6 is 0 Å². The Bertz CT molecular complexity index is 605. The Morgan fingerprint density at radius 3 is 2.70 bits per heavy atom. The standard InChI is InChI=1S/C21H30O2/c1-19-5-4-15-16(17(19)13-7-14(13)18(19)23)11-8-21(9-11)10-12(22)3-6-20(15,21)2/h11,13-18,23H,3-10H2,1-2H3. The average Bonchev–Trinajstić information content (AvgIpc) is 3.21. The van der Waals surface area contributed by atoms with Gasteiger partial charge in [-0.05, 0) is 90.3 Å². The molecule has 126 valence electrons. The minimum absolute atomic E-state index is 0.0223. The maximum atomic E-state index is 12.2. The third-order valence-electron chi connectivity index (χ3n) is 10.4. The average molecular weight is 314 g/mol. The summed E-state index contributed by atoms with van der Waals surface area (Å²) in [5.74, 6) is 5.38. The van der Waals surface area contributed by atoms with E-state index < -0.39 is 0 Å². The summed E-state index contributed by atoms with van der Waals surface area (Å²) in [4.78, 5) is 12.2. The van der Waals surface area contributed by atoms with E-state index in [-0.39, 0.29) is 11.5 Å². The van der Waals surface area contributed by atoms with Crippen LogP contribution in [-0.2, 0) is 4.79 Å². The van der Waals surface area contributed by atoms with E-state index in [1.54, 1.807) is 0 Å². The quantitative estimate of drug-likeness (QED) is 0.738. The smallest absolute Gasteiger partial charge is 0.133 e. The number of fused-ring (bicyclic) bond motifs is 3. The molecule has 8 unspecified atom stereocenters. The molecule has 2 heteroatoms. The maximum absolute atomic E-state index is 12.2. The fraction of sp³-hybridized carbons (Fsp3) is 0.952. The van der Waals surface area contributed by atoms with Crippen molar-refractivity contribution in [1.29, 1.82) is 0 Å². The molecule has 7 aliphatic rings. The van der Waals surface area contributed by atoms with Crippen molar-refractivity contribution in [2.75, 3.05) is 0 Å². The van der Waals surface area contributed by atoms with Crippen LogP contribution in [0.15, 0.2) is 0 Å². The highest BCUT2D eigenvalue weighted by atomic mass is 16.3. The van der Waals surface area contributed by atoms with Crippen LogP contribution in [-0.4, -0.2) is 17.0 Å². The molecule has 7 rings (SSSR count). The number of carbonyl (C=O) groups excluding carboxylic acids is 1. The van der Waals surface area contributed by atoms with Crippen molar-refractivity contribution in [3.63, 3.8) is 0 Å². The van der Waals surface area contributed by atoms with Gasteiger partial charge in [0.15, 0.2) is 0 Å². The number of Topliss-reactive ketones (excluding diaryl/α,β-unsaturated/α-hetero) is 1. The Hall–Kier alpha value is -0.370. The molecule has 7 saturated carbocycles. The Kier molecular flexibility index (Phi) is 2.25. The van der Waals surface area contributed by atoms with Gasteiger partial charge in [-0.2, -0.15) is 0 Å². The van der Waals surface area contributed by atoms with E-state index in [0.717, 1.165) is 48.9 Å². The number of rotatable bonds is 0. The lowest BCUT2D eigenvalue weighted by Crippen LogP contribution is -2.68. The summed E-state index contributed by atoms with van der Waals surface area (Å²) in [6.07, 6.45) is 9.37. The first-order chi connectivity index (χ1) is 10.9. The molecule has 0 aromatic rings. The summed E-state index contributed by atoms with van der Waals surface area (Å²) in [5, 5.41) is 10.9. The van der Waals surface area contributed by atoms with Gasteiger partial charge in [-0.15, -0.1) is 0 Å². The molecule has 0 aromatic carbocycles. The first-order valence-electron chi connectivity index (χ1n) is 10.1. The van der Waals surface area contributed by atoms with Gasteiger partial charge >= 0.3 is 0 Å². The van der Waals surface area contributed by atoms with Crippen LogP contribution in [0.2, 0.25) is 0 Å². The third kappa shape index (κ3) is 1.31. The van der Waals surface area contributed by atoms with Crippen LogP contribution in [0.4, 0.5) is 0 Å². The number of aliphatic hydroxyl groups excluding tert-OH is 1. The first-order valence-corrected chi connectivity index (χ1v) is 10.1. The van der Waals surface area contributed by atoms with E-state index in [4.69, 9.17) is 0 Å². The fourth-order valence-electron chi connectivity index (χ4n) is 9.24. The van der Waals surface area contributed by atoms with Crippen LogP contribution in [0.1, 0.15) is 65.2 Å². The first kappa shape index (κ1) is 13.9.